The Labute approximate surface area is 139 Å². The van der Waals surface area contributed by atoms with Crippen LogP contribution in [0.3, 0.4) is 0 Å². The predicted molar refractivity (Wildman–Crippen MR) is 90.6 cm³/mol. The lowest BCUT2D eigenvalue weighted by atomic mass is 10.0. The molecule has 0 saturated heterocycles. The van der Waals surface area contributed by atoms with Gasteiger partial charge in [-0.3, -0.25) is 0 Å². The van der Waals surface area contributed by atoms with Crippen molar-refractivity contribution >= 4 is 11.6 Å². The molecule has 1 unspecified atom stereocenters. The van der Waals surface area contributed by atoms with E-state index >= 15 is 0 Å². The zero-order valence-electron chi connectivity index (χ0n) is 12.3. The fourth-order valence-corrected chi connectivity index (χ4v) is 3.28. The molecule has 0 amide bonds. The minimum absolute atomic E-state index is 0.0731. The first-order valence-electron chi connectivity index (χ1n) is 7.46. The molecular formula is C19H14ClN3. The van der Waals surface area contributed by atoms with E-state index in [1.165, 1.54) is 5.56 Å². The normalized spacial score (nSPS) is 16.1. The van der Waals surface area contributed by atoms with Gasteiger partial charge in [0.1, 0.15) is 0 Å². The summed E-state index contributed by atoms with van der Waals surface area (Å²) in [6, 6.07) is 20.1. The highest BCUT2D eigenvalue weighted by Gasteiger charge is 2.22. The molecule has 2 aromatic carbocycles. The van der Waals surface area contributed by atoms with Crippen LogP contribution in [0.2, 0.25) is 5.02 Å². The zero-order valence-corrected chi connectivity index (χ0v) is 13.1. The number of rotatable bonds is 1. The summed E-state index contributed by atoms with van der Waals surface area (Å²) in [5, 5.41) is 13.3. The maximum Gasteiger partial charge on any atom is 0.0991 e. The second-order valence-corrected chi connectivity index (χ2v) is 6.06. The van der Waals surface area contributed by atoms with E-state index in [0.29, 0.717) is 5.56 Å². The van der Waals surface area contributed by atoms with E-state index < -0.39 is 0 Å². The Hall–Kier alpha value is -2.54. The van der Waals surface area contributed by atoms with Gasteiger partial charge in [0, 0.05) is 23.5 Å². The molecule has 0 aliphatic carbocycles. The summed E-state index contributed by atoms with van der Waals surface area (Å²) in [6.45, 7) is 0.763. The summed E-state index contributed by atoms with van der Waals surface area (Å²) >= 11 is 6.19. The summed E-state index contributed by atoms with van der Waals surface area (Å²) < 4.78 is 2.18. The highest BCUT2D eigenvalue weighted by atomic mass is 35.5. The van der Waals surface area contributed by atoms with E-state index in [4.69, 9.17) is 16.9 Å². The second kappa shape index (κ2) is 5.58. The quantitative estimate of drug-likeness (QED) is 0.730. The van der Waals surface area contributed by atoms with Crippen molar-refractivity contribution in [1.82, 2.24) is 9.88 Å². The predicted octanol–water partition coefficient (Wildman–Crippen LogP) is 4.19. The molecule has 0 radical (unpaired) electrons. The average molecular weight is 320 g/mol. The van der Waals surface area contributed by atoms with Crippen molar-refractivity contribution in [3.8, 4) is 11.8 Å². The van der Waals surface area contributed by atoms with Crippen LogP contribution in [0.25, 0.3) is 5.69 Å². The Morgan fingerprint density at radius 3 is 2.74 bits per heavy atom. The smallest absolute Gasteiger partial charge is 0.0991 e. The van der Waals surface area contributed by atoms with Gasteiger partial charge in [-0.05, 0) is 47.5 Å². The molecule has 1 aliphatic heterocycles. The van der Waals surface area contributed by atoms with Gasteiger partial charge in [0.25, 0.3) is 0 Å². The van der Waals surface area contributed by atoms with E-state index in [2.05, 4.69) is 34.3 Å². The monoisotopic (exact) mass is 319 g/mol. The van der Waals surface area contributed by atoms with Crippen LogP contribution in [0.15, 0.2) is 60.8 Å². The number of nitriles is 1. The molecule has 1 aromatic heterocycles. The largest absolute Gasteiger partial charge is 0.319 e. The van der Waals surface area contributed by atoms with Crippen LogP contribution in [-0.4, -0.2) is 4.57 Å². The number of nitrogens with zero attached hydrogens (tertiary/aromatic N) is 2. The van der Waals surface area contributed by atoms with Gasteiger partial charge in [-0.1, -0.05) is 29.8 Å². The SMILES string of the molecule is N#Cc1ccc(C2NCc3ccc(Cl)cc3-n3cccc32)cc1. The first-order valence-corrected chi connectivity index (χ1v) is 7.83. The van der Waals surface area contributed by atoms with E-state index in [-0.39, 0.29) is 6.04 Å². The minimum Gasteiger partial charge on any atom is -0.319 e. The molecule has 112 valence electrons. The average Bonchev–Trinajstić information content (AvgIpc) is 3.00. The standard InChI is InChI=1S/C19H14ClN3/c20-16-8-7-15-12-22-19(14-5-3-13(11-21)4-6-14)17-2-1-9-23(17)18(15)10-16/h1-10,19,22H,12H2. The van der Waals surface area contributed by atoms with Crippen LogP contribution in [0.1, 0.15) is 28.4 Å². The summed E-state index contributed by atoms with van der Waals surface area (Å²) in [4.78, 5) is 0. The summed E-state index contributed by atoms with van der Waals surface area (Å²) in [5.41, 5.74) is 5.30. The van der Waals surface area contributed by atoms with Crippen molar-refractivity contribution in [1.29, 1.82) is 5.26 Å². The van der Waals surface area contributed by atoms with Crippen LogP contribution in [-0.2, 0) is 6.54 Å². The van der Waals surface area contributed by atoms with E-state index in [0.717, 1.165) is 28.5 Å². The van der Waals surface area contributed by atoms with Gasteiger partial charge in [0.2, 0.25) is 0 Å². The third kappa shape index (κ3) is 2.43. The highest BCUT2D eigenvalue weighted by molar-refractivity contribution is 6.30. The summed E-state index contributed by atoms with van der Waals surface area (Å²) in [5.74, 6) is 0. The van der Waals surface area contributed by atoms with Gasteiger partial charge in [-0.25, -0.2) is 0 Å². The molecule has 4 heteroatoms. The summed E-state index contributed by atoms with van der Waals surface area (Å²) in [7, 11) is 0. The molecule has 1 N–H and O–H groups in total. The van der Waals surface area contributed by atoms with Gasteiger partial charge < -0.3 is 9.88 Å². The van der Waals surface area contributed by atoms with Crippen LogP contribution in [0, 0.1) is 11.3 Å². The van der Waals surface area contributed by atoms with E-state index in [1.54, 1.807) is 0 Å². The maximum atomic E-state index is 8.97. The van der Waals surface area contributed by atoms with Gasteiger partial charge >= 0.3 is 0 Å². The molecule has 23 heavy (non-hydrogen) atoms. The Morgan fingerprint density at radius 2 is 1.96 bits per heavy atom. The van der Waals surface area contributed by atoms with Crippen LogP contribution < -0.4 is 5.32 Å². The Kier molecular flexibility index (Phi) is 3.42. The third-order valence-corrected chi connectivity index (χ3v) is 4.49. The number of nitrogens with one attached hydrogen (secondary N) is 1. The molecule has 0 spiro atoms. The molecular weight excluding hydrogens is 306 g/mol. The number of benzene rings is 2. The molecule has 3 nitrogen and oxygen atoms in total. The van der Waals surface area contributed by atoms with E-state index in [1.807, 2.05) is 42.5 Å². The lowest BCUT2D eigenvalue weighted by Gasteiger charge is -2.18. The fourth-order valence-electron chi connectivity index (χ4n) is 3.11. The molecule has 0 saturated carbocycles. The van der Waals surface area contributed by atoms with Crippen LogP contribution in [0.5, 0.6) is 0 Å². The van der Waals surface area contributed by atoms with Gasteiger partial charge in [-0.2, -0.15) is 5.26 Å². The Morgan fingerprint density at radius 1 is 1.13 bits per heavy atom. The molecule has 0 fully saturated rings. The zero-order chi connectivity index (χ0) is 15.8. The molecule has 3 aromatic rings. The number of hydrogen-bond donors (Lipinski definition) is 1. The maximum absolute atomic E-state index is 8.97. The summed E-state index contributed by atoms with van der Waals surface area (Å²) in [6.07, 6.45) is 2.06. The van der Waals surface area contributed by atoms with Gasteiger partial charge in [-0.15, -0.1) is 0 Å². The number of aromatic nitrogens is 1. The van der Waals surface area contributed by atoms with Gasteiger partial charge in [0.05, 0.1) is 23.4 Å². The Bertz CT molecular complexity index is 903. The minimum atomic E-state index is 0.0731. The van der Waals surface area contributed by atoms with Crippen LogP contribution in [0.4, 0.5) is 0 Å². The lowest BCUT2D eigenvalue weighted by molar-refractivity contribution is 0.601. The molecule has 0 bridgehead atoms. The molecule has 1 atom stereocenters. The number of fused-ring (bicyclic) bond motifs is 3. The topological polar surface area (TPSA) is 40.8 Å². The first kappa shape index (κ1) is 14.1. The van der Waals surface area contributed by atoms with Crippen molar-refractivity contribution in [2.75, 3.05) is 0 Å². The molecule has 4 rings (SSSR count). The number of hydrogen-bond acceptors (Lipinski definition) is 2. The van der Waals surface area contributed by atoms with E-state index in [9.17, 15) is 0 Å². The van der Waals surface area contributed by atoms with Crippen molar-refractivity contribution in [3.63, 3.8) is 0 Å². The Balaban J connectivity index is 1.83. The van der Waals surface area contributed by atoms with Crippen molar-refractivity contribution < 1.29 is 0 Å². The highest BCUT2D eigenvalue weighted by Crippen LogP contribution is 2.31. The first-order chi connectivity index (χ1) is 11.3. The molecule has 1 aliphatic rings. The van der Waals surface area contributed by atoms with Crippen molar-refractivity contribution in [2.45, 2.75) is 12.6 Å². The lowest BCUT2D eigenvalue weighted by Crippen LogP contribution is -2.21. The van der Waals surface area contributed by atoms with Crippen molar-refractivity contribution in [3.05, 3.63) is 88.2 Å². The molecule has 2 heterocycles. The van der Waals surface area contributed by atoms with Crippen molar-refractivity contribution in [2.24, 2.45) is 0 Å². The fraction of sp³-hybridized carbons (Fsp3) is 0.105. The third-order valence-electron chi connectivity index (χ3n) is 4.25. The van der Waals surface area contributed by atoms with Gasteiger partial charge in [0.15, 0.2) is 0 Å². The van der Waals surface area contributed by atoms with Crippen LogP contribution >= 0.6 is 11.6 Å². The second-order valence-electron chi connectivity index (χ2n) is 5.62. The number of halogens is 1.